The average Bonchev–Trinajstić information content (AvgIpc) is 3.47. The van der Waals surface area contributed by atoms with Crippen LogP contribution >= 0.6 is 0 Å². The Labute approximate surface area is 255 Å². The standard InChI is InChI=1S/C30H41NO2.C5H12.C2H4O2/c1-18(2)26-24-25(23-21(31-26)16-29(6,7)17-22(23)32)30(14-8-9-15-30)33-27(24)19-10-12-20(13-11-19)28(3,4)5;1-4-5(2)3;1-2(3)4/h10-13,18,22,27,32H,8-9,14-17H2,1-7H3;5H,4H2,1-3H3;1H3,(H,3,4). The number of ether oxygens (including phenoxy) is 1. The Kier molecular flexibility index (Phi) is 10.7. The fourth-order valence-corrected chi connectivity index (χ4v) is 6.57. The molecule has 2 unspecified atom stereocenters. The van der Waals surface area contributed by atoms with E-state index < -0.39 is 12.1 Å². The van der Waals surface area contributed by atoms with Crippen molar-refractivity contribution in [1.82, 2.24) is 4.98 Å². The zero-order chi connectivity index (χ0) is 31.6. The van der Waals surface area contributed by atoms with Gasteiger partial charge in [-0.3, -0.25) is 9.78 Å². The van der Waals surface area contributed by atoms with Crippen LogP contribution in [0.1, 0.15) is 172 Å². The van der Waals surface area contributed by atoms with Crippen LogP contribution in [-0.4, -0.2) is 21.2 Å². The summed E-state index contributed by atoms with van der Waals surface area (Å²) in [4.78, 5) is 14.3. The lowest BCUT2D eigenvalue weighted by Crippen LogP contribution is -2.32. The largest absolute Gasteiger partial charge is 0.481 e. The van der Waals surface area contributed by atoms with Gasteiger partial charge in [-0.25, -0.2) is 0 Å². The molecule has 1 aliphatic heterocycles. The molecule has 5 nitrogen and oxygen atoms in total. The molecule has 1 fully saturated rings. The molecule has 2 atom stereocenters. The first-order chi connectivity index (χ1) is 19.4. The van der Waals surface area contributed by atoms with E-state index in [1.54, 1.807) is 0 Å². The number of fused-ring (bicyclic) bond motifs is 4. The fourth-order valence-electron chi connectivity index (χ4n) is 6.57. The van der Waals surface area contributed by atoms with Crippen LogP contribution in [0.25, 0.3) is 0 Å². The van der Waals surface area contributed by atoms with Crippen molar-refractivity contribution in [3.8, 4) is 0 Å². The van der Waals surface area contributed by atoms with E-state index in [-0.39, 0.29) is 22.5 Å². The summed E-state index contributed by atoms with van der Waals surface area (Å²) in [6, 6.07) is 9.03. The average molecular weight is 580 g/mol. The van der Waals surface area contributed by atoms with Gasteiger partial charge in [0.2, 0.25) is 0 Å². The number of carboxylic acid groups (broad SMARTS) is 1. The van der Waals surface area contributed by atoms with Gasteiger partial charge in [0.1, 0.15) is 6.10 Å². The normalized spacial score (nSPS) is 21.8. The van der Waals surface area contributed by atoms with Gasteiger partial charge in [0, 0.05) is 29.4 Å². The van der Waals surface area contributed by atoms with Gasteiger partial charge in [-0.05, 0) is 65.0 Å². The summed E-state index contributed by atoms with van der Waals surface area (Å²) < 4.78 is 7.10. The summed E-state index contributed by atoms with van der Waals surface area (Å²) in [5, 5.41) is 18.8. The highest BCUT2D eigenvalue weighted by atomic mass is 16.5. The van der Waals surface area contributed by atoms with Gasteiger partial charge in [-0.2, -0.15) is 0 Å². The molecule has 0 amide bonds. The molecule has 0 saturated heterocycles. The minimum Gasteiger partial charge on any atom is -0.481 e. The highest BCUT2D eigenvalue weighted by Crippen LogP contribution is 2.59. The second-order valence-corrected chi connectivity index (χ2v) is 15.3. The first kappa shape index (κ1) is 34.3. The molecule has 1 aromatic carbocycles. The van der Waals surface area contributed by atoms with Crippen molar-refractivity contribution in [3.63, 3.8) is 0 Å². The zero-order valence-electron chi connectivity index (χ0n) is 28.2. The Balaban J connectivity index is 0.000000473. The minimum atomic E-state index is -0.833. The highest BCUT2D eigenvalue weighted by molar-refractivity contribution is 5.63. The smallest absolute Gasteiger partial charge is 0.300 e. The van der Waals surface area contributed by atoms with Crippen molar-refractivity contribution in [3.05, 3.63) is 63.5 Å². The molecule has 0 bridgehead atoms. The summed E-state index contributed by atoms with van der Waals surface area (Å²) in [6.45, 7) is 23.5. The Hall–Kier alpha value is -2.24. The molecule has 234 valence electrons. The van der Waals surface area contributed by atoms with Crippen LogP contribution < -0.4 is 0 Å². The third kappa shape index (κ3) is 7.63. The lowest BCUT2D eigenvalue weighted by atomic mass is 9.70. The number of nitrogens with zero attached hydrogens (tertiary/aromatic N) is 1. The van der Waals surface area contributed by atoms with Crippen LogP contribution in [0.2, 0.25) is 0 Å². The third-order valence-electron chi connectivity index (χ3n) is 9.02. The van der Waals surface area contributed by atoms with Crippen LogP contribution in [0, 0.1) is 11.3 Å². The summed E-state index contributed by atoms with van der Waals surface area (Å²) in [7, 11) is 0. The number of rotatable bonds is 3. The van der Waals surface area contributed by atoms with Crippen LogP contribution in [0.5, 0.6) is 0 Å². The maximum absolute atomic E-state index is 11.4. The number of hydrogen-bond donors (Lipinski definition) is 2. The van der Waals surface area contributed by atoms with Gasteiger partial charge < -0.3 is 14.9 Å². The van der Waals surface area contributed by atoms with Crippen LogP contribution in [0.3, 0.4) is 0 Å². The van der Waals surface area contributed by atoms with E-state index in [1.807, 2.05) is 0 Å². The topological polar surface area (TPSA) is 79.7 Å². The van der Waals surface area contributed by atoms with E-state index in [9.17, 15) is 5.11 Å². The molecule has 3 aliphatic rings. The number of benzene rings is 1. The van der Waals surface area contributed by atoms with Gasteiger partial charge in [0.05, 0.1) is 11.7 Å². The van der Waals surface area contributed by atoms with E-state index in [4.69, 9.17) is 19.6 Å². The maximum Gasteiger partial charge on any atom is 0.300 e. The maximum atomic E-state index is 11.4. The van der Waals surface area contributed by atoms with Crippen molar-refractivity contribution in [1.29, 1.82) is 0 Å². The molecular formula is C37H57NO4. The molecule has 1 saturated carbocycles. The summed E-state index contributed by atoms with van der Waals surface area (Å²) in [5.74, 6) is 0.359. The first-order valence-electron chi connectivity index (χ1n) is 16.1. The fraction of sp³-hybridized carbons (Fsp3) is 0.676. The molecule has 2 aliphatic carbocycles. The van der Waals surface area contributed by atoms with Crippen molar-refractivity contribution in [2.45, 2.75) is 150 Å². The molecule has 2 heterocycles. The molecule has 1 spiro atoms. The van der Waals surface area contributed by atoms with E-state index in [0.29, 0.717) is 5.92 Å². The van der Waals surface area contributed by atoms with E-state index >= 15 is 0 Å². The Bertz CT molecular complexity index is 1210. The van der Waals surface area contributed by atoms with E-state index in [1.165, 1.54) is 47.2 Å². The number of aliphatic carboxylic acids is 1. The quantitative estimate of drug-likeness (QED) is 0.378. The van der Waals surface area contributed by atoms with Crippen molar-refractivity contribution >= 4 is 5.97 Å². The second-order valence-electron chi connectivity index (χ2n) is 15.3. The molecule has 42 heavy (non-hydrogen) atoms. The molecule has 5 rings (SSSR count). The number of aliphatic hydroxyl groups excluding tert-OH is 1. The predicted molar refractivity (Wildman–Crippen MR) is 172 cm³/mol. The minimum absolute atomic E-state index is 0.0619. The zero-order valence-corrected chi connectivity index (χ0v) is 28.2. The molecule has 5 heteroatoms. The number of pyridine rings is 1. The Morgan fingerprint density at radius 1 is 1.05 bits per heavy atom. The summed E-state index contributed by atoms with van der Waals surface area (Å²) in [5.41, 5.74) is 8.41. The number of carboxylic acids is 1. The van der Waals surface area contributed by atoms with E-state index in [2.05, 4.69) is 93.5 Å². The van der Waals surface area contributed by atoms with Gasteiger partial charge in [0.15, 0.2) is 0 Å². The Morgan fingerprint density at radius 2 is 1.57 bits per heavy atom. The summed E-state index contributed by atoms with van der Waals surface area (Å²) in [6.07, 6.45) is 6.90. The molecule has 1 aromatic heterocycles. The number of aliphatic hydroxyl groups is 1. The van der Waals surface area contributed by atoms with Gasteiger partial charge in [-0.1, -0.05) is 113 Å². The number of carbonyl (C=O) groups is 1. The first-order valence-corrected chi connectivity index (χ1v) is 16.1. The van der Waals surface area contributed by atoms with Gasteiger partial charge >= 0.3 is 0 Å². The molecule has 2 N–H and O–H groups in total. The molecular weight excluding hydrogens is 522 g/mol. The Morgan fingerprint density at radius 3 is 2.02 bits per heavy atom. The SMILES string of the molecule is CC(=O)O.CC(C)c1nc2c(c3c1C(c1ccc(C(C)(C)C)cc1)OC31CCCC1)C(O)CC(C)(C)C2.CCC(C)C. The molecule has 2 aromatic rings. The lowest BCUT2D eigenvalue weighted by molar-refractivity contribution is -0.134. The monoisotopic (exact) mass is 579 g/mol. The lowest BCUT2D eigenvalue weighted by Gasteiger charge is -2.38. The van der Waals surface area contributed by atoms with Gasteiger partial charge in [-0.15, -0.1) is 0 Å². The van der Waals surface area contributed by atoms with Crippen LogP contribution in [0.15, 0.2) is 24.3 Å². The third-order valence-corrected chi connectivity index (χ3v) is 9.02. The van der Waals surface area contributed by atoms with E-state index in [0.717, 1.165) is 49.8 Å². The highest BCUT2D eigenvalue weighted by Gasteiger charge is 2.52. The van der Waals surface area contributed by atoms with Gasteiger partial charge in [0.25, 0.3) is 5.97 Å². The molecule has 0 radical (unpaired) electrons. The van der Waals surface area contributed by atoms with Crippen LogP contribution in [-0.2, 0) is 27.0 Å². The van der Waals surface area contributed by atoms with Crippen molar-refractivity contribution in [2.75, 3.05) is 0 Å². The van der Waals surface area contributed by atoms with Crippen LogP contribution in [0.4, 0.5) is 0 Å². The van der Waals surface area contributed by atoms with Crippen molar-refractivity contribution in [2.24, 2.45) is 11.3 Å². The van der Waals surface area contributed by atoms with Crippen molar-refractivity contribution < 1.29 is 19.7 Å². The summed E-state index contributed by atoms with van der Waals surface area (Å²) >= 11 is 0. The number of hydrogen-bond acceptors (Lipinski definition) is 4. The predicted octanol–water partition coefficient (Wildman–Crippen LogP) is 9.54. The second kappa shape index (κ2) is 13.2. The number of aromatic nitrogens is 1.